The third kappa shape index (κ3) is 7.00. The minimum atomic E-state index is -1.16. The fourth-order valence-corrected chi connectivity index (χ4v) is 2.43. The van der Waals surface area contributed by atoms with Crippen LogP contribution < -0.4 is 0 Å². The zero-order chi connectivity index (χ0) is 17.5. The summed E-state index contributed by atoms with van der Waals surface area (Å²) in [6.45, 7) is 10.0. The number of carbonyl (C=O) groups is 2. The van der Waals surface area contributed by atoms with Gasteiger partial charge in [-0.15, -0.1) is 0 Å². The smallest absolute Gasteiger partial charge is 0.422 e. The number of hydrogen-bond acceptors (Lipinski definition) is 7. The van der Waals surface area contributed by atoms with Gasteiger partial charge in [0, 0.05) is 12.5 Å². The molecule has 0 aromatic carbocycles. The van der Waals surface area contributed by atoms with Crippen molar-refractivity contribution < 1.29 is 33.9 Å². The van der Waals surface area contributed by atoms with E-state index >= 15 is 0 Å². The van der Waals surface area contributed by atoms with Crippen LogP contribution >= 0.6 is 0 Å². The van der Waals surface area contributed by atoms with E-state index in [0.29, 0.717) is 5.92 Å². The fourth-order valence-electron chi connectivity index (χ4n) is 2.43. The molecule has 0 heterocycles. The molecule has 1 unspecified atom stereocenters. The highest BCUT2D eigenvalue weighted by Crippen LogP contribution is 2.34. The Kier molecular flexibility index (Phi) is 7.51. The maximum absolute atomic E-state index is 11.4. The van der Waals surface area contributed by atoms with Crippen molar-refractivity contribution in [2.24, 2.45) is 5.92 Å². The second-order valence-corrected chi connectivity index (χ2v) is 6.29. The Bertz CT molecular complexity index is 424. The van der Waals surface area contributed by atoms with Gasteiger partial charge < -0.3 is 9.47 Å². The third-order valence-corrected chi connectivity index (χ3v) is 3.82. The summed E-state index contributed by atoms with van der Waals surface area (Å²) >= 11 is 0. The monoisotopic (exact) mass is 330 g/mol. The van der Waals surface area contributed by atoms with Gasteiger partial charge in [0.25, 0.3) is 0 Å². The lowest BCUT2D eigenvalue weighted by Gasteiger charge is -2.34. The second-order valence-electron chi connectivity index (χ2n) is 6.29. The number of esters is 1. The normalized spacial score (nSPS) is 17.2. The second kappa shape index (κ2) is 8.88. The molecule has 1 atom stereocenters. The van der Waals surface area contributed by atoms with E-state index in [1.54, 1.807) is 0 Å². The number of rotatable bonds is 7. The molecule has 0 aromatic rings. The first-order valence-corrected chi connectivity index (χ1v) is 7.82. The van der Waals surface area contributed by atoms with E-state index in [1.807, 2.05) is 13.8 Å². The Labute approximate surface area is 136 Å². The van der Waals surface area contributed by atoms with Gasteiger partial charge in [-0.3, -0.25) is 0 Å². The minimum Gasteiger partial charge on any atom is -0.422 e. The molecule has 7 nitrogen and oxygen atoms in total. The highest BCUT2D eigenvalue weighted by Gasteiger charge is 2.33. The molecule has 1 saturated carbocycles. The van der Waals surface area contributed by atoms with Gasteiger partial charge in [-0.25, -0.2) is 14.5 Å². The molecule has 0 aromatic heterocycles. The van der Waals surface area contributed by atoms with E-state index in [1.165, 1.54) is 20.3 Å². The summed E-state index contributed by atoms with van der Waals surface area (Å²) in [6.07, 6.45) is 3.37. The molecule has 1 fully saturated rings. The summed E-state index contributed by atoms with van der Waals surface area (Å²) in [7, 11) is 0. The molecule has 0 bridgehead atoms. The topological polar surface area (TPSA) is 80.3 Å². The minimum absolute atomic E-state index is 0.197. The quantitative estimate of drug-likeness (QED) is 0.231. The molecule has 23 heavy (non-hydrogen) atoms. The molecule has 1 aliphatic rings. The highest BCUT2D eigenvalue weighted by molar-refractivity contribution is 5.87. The lowest BCUT2D eigenvalue weighted by Crippen LogP contribution is -2.36. The predicted octanol–water partition coefficient (Wildman–Crippen LogP) is 3.83. The summed E-state index contributed by atoms with van der Waals surface area (Å²) < 4.78 is 9.45. The molecule has 0 saturated heterocycles. The third-order valence-electron chi connectivity index (χ3n) is 3.82. The van der Waals surface area contributed by atoms with Gasteiger partial charge in [0.15, 0.2) is 0 Å². The van der Waals surface area contributed by atoms with Crippen LogP contribution in [0, 0.1) is 5.92 Å². The first-order valence-electron chi connectivity index (χ1n) is 7.82. The van der Waals surface area contributed by atoms with Crippen LogP contribution in [0.3, 0.4) is 0 Å². The highest BCUT2D eigenvalue weighted by atomic mass is 17.5. The average Bonchev–Trinajstić information content (AvgIpc) is 2.47. The molecule has 0 spiro atoms. The molecule has 1 aliphatic carbocycles. The Balaban J connectivity index is 2.27. The molecule has 1 rings (SSSR count). The largest absolute Gasteiger partial charge is 0.545 e. The van der Waals surface area contributed by atoms with E-state index in [4.69, 9.17) is 9.62 Å². The van der Waals surface area contributed by atoms with Gasteiger partial charge in [-0.1, -0.05) is 25.8 Å². The summed E-state index contributed by atoms with van der Waals surface area (Å²) in [4.78, 5) is 32.2. The maximum Gasteiger partial charge on any atom is 0.545 e. The van der Waals surface area contributed by atoms with Crippen molar-refractivity contribution in [3.63, 3.8) is 0 Å². The van der Waals surface area contributed by atoms with Crippen LogP contribution in [-0.2, 0) is 29.1 Å². The van der Waals surface area contributed by atoms with Crippen molar-refractivity contribution in [1.82, 2.24) is 0 Å². The fraction of sp³-hybridized carbons (Fsp3) is 0.750. The van der Waals surface area contributed by atoms with E-state index in [0.717, 1.165) is 25.7 Å². The molecular weight excluding hydrogens is 304 g/mol. The summed E-state index contributed by atoms with van der Waals surface area (Å²) in [5.41, 5.74) is -0.374. The predicted molar refractivity (Wildman–Crippen MR) is 80.8 cm³/mol. The van der Waals surface area contributed by atoms with Crippen molar-refractivity contribution in [2.75, 3.05) is 0 Å². The van der Waals surface area contributed by atoms with Gasteiger partial charge in [0.2, 0.25) is 6.29 Å². The number of hydrogen-bond donors (Lipinski definition) is 0. The van der Waals surface area contributed by atoms with Crippen LogP contribution in [0.1, 0.15) is 59.8 Å². The van der Waals surface area contributed by atoms with Gasteiger partial charge in [-0.05, 0) is 44.6 Å². The Morgan fingerprint density at radius 3 is 2.30 bits per heavy atom. The molecule has 7 heteroatoms. The molecule has 0 amide bonds. The SMILES string of the molecule is C=C(C)C(=O)OC(C)OC(=O)OOOC(C)(C)C1CCCCC1. The van der Waals surface area contributed by atoms with Crippen LogP contribution in [0.2, 0.25) is 0 Å². The Morgan fingerprint density at radius 1 is 1.13 bits per heavy atom. The van der Waals surface area contributed by atoms with Crippen LogP contribution in [0.15, 0.2) is 12.2 Å². The lowest BCUT2D eigenvalue weighted by molar-refractivity contribution is -0.523. The average molecular weight is 330 g/mol. The standard InChI is InChI=1S/C16H26O7/c1-11(2)14(17)19-12(3)20-15(18)21-23-22-16(4,5)13-9-7-6-8-10-13/h12-13H,1,6-10H2,2-5H3. The van der Waals surface area contributed by atoms with Gasteiger partial charge in [-0.2, -0.15) is 4.89 Å². The molecule has 0 N–H and O–H groups in total. The number of carbonyl (C=O) groups excluding carboxylic acids is 2. The molecule has 0 aliphatic heterocycles. The van der Waals surface area contributed by atoms with E-state index in [9.17, 15) is 9.59 Å². The first kappa shape index (κ1) is 19.4. The van der Waals surface area contributed by atoms with E-state index < -0.39 is 24.0 Å². The lowest BCUT2D eigenvalue weighted by atomic mass is 9.79. The van der Waals surface area contributed by atoms with Crippen LogP contribution in [-0.4, -0.2) is 24.0 Å². The van der Waals surface area contributed by atoms with E-state index in [2.05, 4.69) is 21.2 Å². The van der Waals surface area contributed by atoms with Crippen molar-refractivity contribution in [3.05, 3.63) is 12.2 Å². The zero-order valence-electron chi connectivity index (χ0n) is 14.3. The van der Waals surface area contributed by atoms with Gasteiger partial charge in [0.1, 0.15) is 5.60 Å². The summed E-state index contributed by atoms with van der Waals surface area (Å²) in [6, 6.07) is 0. The van der Waals surface area contributed by atoms with Crippen molar-refractivity contribution in [3.8, 4) is 0 Å². The first-order chi connectivity index (χ1) is 10.7. The van der Waals surface area contributed by atoms with Crippen LogP contribution in [0.4, 0.5) is 4.79 Å². The van der Waals surface area contributed by atoms with Crippen molar-refractivity contribution >= 4 is 12.1 Å². The number of ether oxygens (including phenoxy) is 2. The summed E-state index contributed by atoms with van der Waals surface area (Å²) in [5, 5.41) is 4.53. The zero-order valence-corrected chi connectivity index (χ0v) is 14.3. The Morgan fingerprint density at radius 2 is 1.74 bits per heavy atom. The van der Waals surface area contributed by atoms with Crippen molar-refractivity contribution in [2.45, 2.75) is 71.7 Å². The Hall–Kier alpha value is -1.60. The van der Waals surface area contributed by atoms with Gasteiger partial charge >= 0.3 is 12.1 Å². The van der Waals surface area contributed by atoms with Gasteiger partial charge in [0.05, 0.1) is 0 Å². The maximum atomic E-state index is 11.4. The van der Waals surface area contributed by atoms with Crippen LogP contribution in [0.25, 0.3) is 0 Å². The van der Waals surface area contributed by atoms with Crippen LogP contribution in [0.5, 0.6) is 0 Å². The van der Waals surface area contributed by atoms with E-state index in [-0.39, 0.29) is 5.57 Å². The molecule has 0 radical (unpaired) electrons. The molecular formula is C16H26O7. The van der Waals surface area contributed by atoms with Crippen molar-refractivity contribution in [1.29, 1.82) is 0 Å². The summed E-state index contributed by atoms with van der Waals surface area (Å²) in [5.74, 6) is -0.327. The molecule has 132 valence electrons.